The summed E-state index contributed by atoms with van der Waals surface area (Å²) in [5, 5.41) is 15.1. The van der Waals surface area contributed by atoms with Gasteiger partial charge in [0.15, 0.2) is 0 Å². The quantitative estimate of drug-likeness (QED) is 0.431. The summed E-state index contributed by atoms with van der Waals surface area (Å²) in [7, 11) is 0. The zero-order valence-corrected chi connectivity index (χ0v) is 18.6. The van der Waals surface area contributed by atoms with Crippen LogP contribution in [0.3, 0.4) is 0 Å². The highest BCUT2D eigenvalue weighted by atomic mass is 35.5. The number of rotatable bonds is 5. The van der Waals surface area contributed by atoms with E-state index in [-0.39, 0.29) is 17.2 Å². The lowest BCUT2D eigenvalue weighted by Gasteiger charge is -2.17. The van der Waals surface area contributed by atoms with Crippen LogP contribution in [-0.4, -0.2) is 40.2 Å². The summed E-state index contributed by atoms with van der Waals surface area (Å²) in [6, 6.07) is 24.2. The highest BCUT2D eigenvalue weighted by molar-refractivity contribution is 6.29. The van der Waals surface area contributed by atoms with E-state index < -0.39 is 0 Å². The number of β-amino-alcohol motifs (C(OH)–C–C–N with tert-alkyl or cyclic N) is 1. The molecule has 7 heteroatoms. The van der Waals surface area contributed by atoms with Crippen molar-refractivity contribution in [2.75, 3.05) is 23.3 Å². The number of carbonyl (C=O) groups excluding carboxylic acids is 1. The van der Waals surface area contributed by atoms with Crippen molar-refractivity contribution in [2.24, 2.45) is 0 Å². The molecule has 2 N–H and O–H groups in total. The van der Waals surface area contributed by atoms with Gasteiger partial charge in [0, 0.05) is 30.8 Å². The van der Waals surface area contributed by atoms with Crippen molar-refractivity contribution >= 4 is 39.8 Å². The minimum atomic E-state index is -0.354. The Morgan fingerprint density at radius 2 is 1.88 bits per heavy atom. The molecule has 2 heterocycles. The molecule has 1 unspecified atom stereocenters. The van der Waals surface area contributed by atoms with Gasteiger partial charge in [-0.3, -0.25) is 4.79 Å². The van der Waals surface area contributed by atoms with Crippen molar-refractivity contribution in [1.29, 1.82) is 0 Å². The molecule has 0 saturated carbocycles. The molecule has 165 valence electrons. The van der Waals surface area contributed by atoms with Gasteiger partial charge < -0.3 is 15.3 Å². The fraction of sp³-hybridized carbons (Fsp3) is 0.192. The van der Waals surface area contributed by atoms with Gasteiger partial charge in [0.2, 0.25) is 0 Å². The predicted molar refractivity (Wildman–Crippen MR) is 130 cm³/mol. The molecule has 1 radical (unpaired) electrons. The standard InChI is InChI=1S/C26H22ClN4O2/c27-23-15-25(31-12-11-22(32)16-31)30-24(29-23)13-17-5-9-21(10-6-17)28-26(33)20-8-7-18-3-1-2-4-19(18)14-20/h1-10,14,22,32H,11-13,16H2,(H,28,33). The lowest BCUT2D eigenvalue weighted by Crippen LogP contribution is -2.23. The van der Waals surface area contributed by atoms with E-state index in [9.17, 15) is 9.90 Å². The monoisotopic (exact) mass is 457 g/mol. The highest BCUT2D eigenvalue weighted by Gasteiger charge is 2.22. The minimum absolute atomic E-state index is 0.153. The molecule has 6 nitrogen and oxygen atoms in total. The van der Waals surface area contributed by atoms with Gasteiger partial charge in [0.05, 0.1) is 12.2 Å². The number of amides is 1. The second-order valence-corrected chi connectivity index (χ2v) is 8.52. The van der Waals surface area contributed by atoms with Crippen LogP contribution in [0.2, 0.25) is 5.15 Å². The first-order valence-corrected chi connectivity index (χ1v) is 11.2. The van der Waals surface area contributed by atoms with Gasteiger partial charge in [0.25, 0.3) is 5.91 Å². The molecule has 1 amide bonds. The largest absolute Gasteiger partial charge is 0.391 e. The van der Waals surface area contributed by atoms with Crippen molar-refractivity contribution < 1.29 is 9.90 Å². The maximum absolute atomic E-state index is 12.7. The average molecular weight is 458 g/mol. The molecule has 1 fully saturated rings. The Hall–Kier alpha value is -3.48. The van der Waals surface area contributed by atoms with E-state index >= 15 is 0 Å². The fourth-order valence-electron chi connectivity index (χ4n) is 3.99. The zero-order valence-electron chi connectivity index (χ0n) is 17.8. The summed E-state index contributed by atoms with van der Waals surface area (Å²) < 4.78 is 0. The first kappa shape index (κ1) is 21.4. The minimum Gasteiger partial charge on any atom is -0.391 e. The summed E-state index contributed by atoms with van der Waals surface area (Å²) in [6.07, 6.45) is 0.849. The maximum Gasteiger partial charge on any atom is 0.255 e. The number of carbonyl (C=O) groups is 1. The summed E-state index contributed by atoms with van der Waals surface area (Å²) in [6.45, 7) is 1.24. The van der Waals surface area contributed by atoms with Crippen LogP contribution in [0.15, 0.2) is 66.7 Å². The molecule has 1 aliphatic heterocycles. The molecule has 1 saturated heterocycles. The molecule has 33 heavy (non-hydrogen) atoms. The first-order valence-electron chi connectivity index (χ1n) is 10.8. The maximum atomic E-state index is 12.7. The molecule has 0 spiro atoms. The second-order valence-electron chi connectivity index (χ2n) is 8.16. The number of aromatic nitrogens is 2. The number of nitrogens with one attached hydrogen (secondary N) is 1. The molecule has 1 aliphatic rings. The molecule has 1 aromatic heterocycles. The first-order chi connectivity index (χ1) is 16.0. The van der Waals surface area contributed by atoms with E-state index in [2.05, 4.69) is 21.4 Å². The number of hydrogen-bond donors (Lipinski definition) is 2. The van der Waals surface area contributed by atoms with Crippen molar-refractivity contribution in [1.82, 2.24) is 9.97 Å². The zero-order chi connectivity index (χ0) is 22.8. The van der Waals surface area contributed by atoms with Crippen molar-refractivity contribution in [3.05, 3.63) is 94.9 Å². The smallest absolute Gasteiger partial charge is 0.255 e. The Bertz CT molecular complexity index is 1310. The number of benzene rings is 3. The van der Waals surface area contributed by atoms with E-state index in [1.165, 1.54) is 0 Å². The molecule has 5 rings (SSSR count). The number of hydrogen-bond acceptors (Lipinski definition) is 5. The number of aliphatic hydroxyl groups excluding tert-OH is 1. The third kappa shape index (κ3) is 4.97. The van der Waals surface area contributed by atoms with Crippen LogP contribution in [0.1, 0.15) is 28.2 Å². The van der Waals surface area contributed by atoms with E-state index in [1.54, 1.807) is 0 Å². The van der Waals surface area contributed by atoms with Crippen molar-refractivity contribution in [3.63, 3.8) is 0 Å². The van der Waals surface area contributed by atoms with E-state index in [1.807, 2.05) is 71.6 Å². The SMILES string of the molecule is O=C(Nc1ccc(Cc2nc(Cl)[c]c(N3CCC(O)C3)n2)cc1)c1ccc2ccccc2c1. The molecule has 0 aliphatic carbocycles. The number of fused-ring (bicyclic) bond motifs is 1. The average Bonchev–Trinajstić information content (AvgIpc) is 3.26. The topological polar surface area (TPSA) is 78.4 Å². The third-order valence-electron chi connectivity index (χ3n) is 5.73. The fourth-order valence-corrected chi connectivity index (χ4v) is 4.18. The molecule has 1 atom stereocenters. The van der Waals surface area contributed by atoms with Crippen LogP contribution in [0.4, 0.5) is 11.5 Å². The van der Waals surface area contributed by atoms with Gasteiger partial charge in [-0.05, 0) is 47.0 Å². The summed E-state index contributed by atoms with van der Waals surface area (Å²) in [5.74, 6) is 1.04. The van der Waals surface area contributed by atoms with Gasteiger partial charge in [-0.25, -0.2) is 9.97 Å². The molecular formula is C26H22ClN4O2. The van der Waals surface area contributed by atoms with Crippen LogP contribution in [0, 0.1) is 6.07 Å². The number of halogens is 1. The predicted octanol–water partition coefficient (Wildman–Crippen LogP) is 4.50. The van der Waals surface area contributed by atoms with E-state index in [4.69, 9.17) is 11.6 Å². The van der Waals surface area contributed by atoms with Gasteiger partial charge in [0.1, 0.15) is 16.8 Å². The number of anilines is 2. The Kier molecular flexibility index (Phi) is 5.94. The second kappa shape index (κ2) is 9.17. The van der Waals surface area contributed by atoms with E-state index in [0.717, 1.165) is 22.9 Å². The number of nitrogens with zero attached hydrogens (tertiary/aromatic N) is 3. The lowest BCUT2D eigenvalue weighted by atomic mass is 10.1. The molecular weight excluding hydrogens is 436 g/mol. The third-order valence-corrected chi connectivity index (χ3v) is 5.90. The Morgan fingerprint density at radius 1 is 1.09 bits per heavy atom. The van der Waals surface area contributed by atoms with Crippen molar-refractivity contribution in [2.45, 2.75) is 18.9 Å². The summed E-state index contributed by atoms with van der Waals surface area (Å²) in [5.41, 5.74) is 2.32. The van der Waals surface area contributed by atoms with Crippen LogP contribution in [-0.2, 0) is 6.42 Å². The van der Waals surface area contributed by atoms with Crippen molar-refractivity contribution in [3.8, 4) is 0 Å². The van der Waals surface area contributed by atoms with Crippen LogP contribution in [0.5, 0.6) is 0 Å². The normalized spacial score (nSPS) is 15.7. The van der Waals surface area contributed by atoms with Crippen LogP contribution >= 0.6 is 11.6 Å². The summed E-state index contributed by atoms with van der Waals surface area (Å²) in [4.78, 5) is 23.5. The van der Waals surface area contributed by atoms with Gasteiger partial charge in [-0.1, -0.05) is 54.1 Å². The number of aliphatic hydroxyl groups is 1. The van der Waals surface area contributed by atoms with Crippen LogP contribution in [0.25, 0.3) is 10.8 Å². The highest BCUT2D eigenvalue weighted by Crippen LogP contribution is 2.22. The lowest BCUT2D eigenvalue weighted by molar-refractivity contribution is 0.102. The van der Waals surface area contributed by atoms with E-state index in [0.29, 0.717) is 42.3 Å². The summed E-state index contributed by atoms with van der Waals surface area (Å²) >= 11 is 6.16. The van der Waals surface area contributed by atoms with Gasteiger partial charge in [-0.15, -0.1) is 0 Å². The Labute approximate surface area is 196 Å². The molecule has 4 aromatic rings. The van der Waals surface area contributed by atoms with Gasteiger partial charge in [-0.2, -0.15) is 0 Å². The molecule has 0 bridgehead atoms. The Morgan fingerprint density at radius 3 is 2.64 bits per heavy atom. The molecule has 3 aromatic carbocycles. The Balaban J connectivity index is 1.27. The van der Waals surface area contributed by atoms with Crippen LogP contribution < -0.4 is 10.2 Å². The van der Waals surface area contributed by atoms with Gasteiger partial charge >= 0.3 is 0 Å².